The molecule has 1 aromatic rings. The second-order valence-corrected chi connectivity index (χ2v) is 7.22. The summed E-state index contributed by atoms with van der Waals surface area (Å²) in [5, 5.41) is 0. The van der Waals surface area contributed by atoms with Gasteiger partial charge in [0.15, 0.2) is 5.79 Å². The number of pyridine rings is 1. The van der Waals surface area contributed by atoms with Gasteiger partial charge in [-0.3, -0.25) is 4.79 Å². The number of hydrogen-bond donors (Lipinski definition) is 0. The van der Waals surface area contributed by atoms with Gasteiger partial charge in [-0.15, -0.1) is 0 Å². The third kappa shape index (κ3) is 3.56. The van der Waals surface area contributed by atoms with Crippen molar-refractivity contribution in [3.63, 3.8) is 0 Å². The van der Waals surface area contributed by atoms with Gasteiger partial charge in [-0.2, -0.15) is 0 Å². The molecule has 4 rings (SSSR count). The van der Waals surface area contributed by atoms with Crippen LogP contribution in [-0.4, -0.2) is 85.5 Å². The number of anilines is 1. The maximum absolute atomic E-state index is 12.9. The highest BCUT2D eigenvalue weighted by Gasteiger charge is 2.40. The minimum Gasteiger partial charge on any atom is -0.354 e. The Morgan fingerprint density at radius 1 is 1.12 bits per heavy atom. The van der Waals surface area contributed by atoms with E-state index in [0.29, 0.717) is 26.3 Å². The number of amides is 1. The molecule has 0 saturated carbocycles. The Balaban J connectivity index is 1.39. The number of carbonyl (C=O) groups is 1. The molecule has 4 heterocycles. The average molecular weight is 360 g/mol. The van der Waals surface area contributed by atoms with Gasteiger partial charge in [-0.05, 0) is 18.7 Å². The van der Waals surface area contributed by atoms with E-state index in [2.05, 4.69) is 21.7 Å². The average Bonchev–Trinajstić information content (AvgIpc) is 3.16. The molecule has 0 radical (unpaired) electrons. The normalized spacial score (nSPS) is 23.6. The zero-order chi connectivity index (χ0) is 18.0. The van der Waals surface area contributed by atoms with E-state index in [1.165, 1.54) is 0 Å². The third-order valence-corrected chi connectivity index (χ3v) is 5.76. The lowest BCUT2D eigenvalue weighted by atomic mass is 10.0. The van der Waals surface area contributed by atoms with Gasteiger partial charge in [-0.25, -0.2) is 4.98 Å². The Hall–Kier alpha value is -1.70. The standard InChI is InChI=1S/C19H28N4O3/c1-2-21-9-11-22(12-10-21)17-15-16(3-6-20-17)18(24)23-7-4-19(5-8-23)25-13-14-26-19/h3,6,15H,2,4-5,7-14H2,1H3. The summed E-state index contributed by atoms with van der Waals surface area (Å²) in [4.78, 5) is 24.0. The highest BCUT2D eigenvalue weighted by molar-refractivity contribution is 5.95. The fourth-order valence-corrected chi connectivity index (χ4v) is 4.04. The van der Waals surface area contributed by atoms with Crippen molar-refractivity contribution in [2.24, 2.45) is 0 Å². The van der Waals surface area contributed by atoms with Crippen LogP contribution in [0.4, 0.5) is 5.82 Å². The van der Waals surface area contributed by atoms with Crippen molar-refractivity contribution in [1.29, 1.82) is 0 Å². The fourth-order valence-electron chi connectivity index (χ4n) is 4.04. The van der Waals surface area contributed by atoms with Gasteiger partial charge in [0.2, 0.25) is 0 Å². The molecule has 3 fully saturated rings. The van der Waals surface area contributed by atoms with E-state index >= 15 is 0 Å². The first-order chi connectivity index (χ1) is 12.7. The number of piperidine rings is 1. The molecular formula is C19H28N4O3. The first-order valence-corrected chi connectivity index (χ1v) is 9.70. The zero-order valence-corrected chi connectivity index (χ0v) is 15.5. The number of hydrogen-bond acceptors (Lipinski definition) is 6. The molecule has 26 heavy (non-hydrogen) atoms. The molecule has 1 spiro atoms. The quantitative estimate of drug-likeness (QED) is 0.807. The lowest BCUT2D eigenvalue weighted by Crippen LogP contribution is -2.47. The molecular weight excluding hydrogens is 332 g/mol. The maximum Gasteiger partial charge on any atom is 0.254 e. The summed E-state index contributed by atoms with van der Waals surface area (Å²) in [5.74, 6) is 0.537. The van der Waals surface area contributed by atoms with Crippen molar-refractivity contribution >= 4 is 11.7 Å². The molecule has 1 aromatic heterocycles. The predicted octanol–water partition coefficient (Wildman–Crippen LogP) is 1.20. The number of piperazine rings is 1. The van der Waals surface area contributed by atoms with E-state index in [1.807, 2.05) is 17.0 Å². The van der Waals surface area contributed by atoms with Gasteiger partial charge in [0.1, 0.15) is 5.82 Å². The minimum atomic E-state index is -0.445. The summed E-state index contributed by atoms with van der Waals surface area (Å²) < 4.78 is 11.5. The van der Waals surface area contributed by atoms with E-state index in [4.69, 9.17) is 9.47 Å². The molecule has 7 nitrogen and oxygen atoms in total. The van der Waals surface area contributed by atoms with Crippen LogP contribution in [0.5, 0.6) is 0 Å². The number of likely N-dealkylation sites (N-methyl/N-ethyl adjacent to an activating group) is 1. The van der Waals surface area contributed by atoms with Gasteiger partial charge in [-0.1, -0.05) is 6.92 Å². The smallest absolute Gasteiger partial charge is 0.254 e. The van der Waals surface area contributed by atoms with Crippen molar-refractivity contribution in [2.45, 2.75) is 25.6 Å². The number of carbonyl (C=O) groups excluding carboxylic acids is 1. The van der Waals surface area contributed by atoms with Crippen molar-refractivity contribution in [2.75, 3.05) is 63.9 Å². The molecule has 7 heteroatoms. The molecule has 142 valence electrons. The van der Waals surface area contributed by atoms with Crippen molar-refractivity contribution in [3.05, 3.63) is 23.9 Å². The summed E-state index contributed by atoms with van der Waals surface area (Å²) in [5.41, 5.74) is 0.720. The summed E-state index contributed by atoms with van der Waals surface area (Å²) >= 11 is 0. The molecule has 0 N–H and O–H groups in total. The second-order valence-electron chi connectivity index (χ2n) is 7.22. The van der Waals surface area contributed by atoms with E-state index in [0.717, 1.165) is 56.9 Å². The third-order valence-electron chi connectivity index (χ3n) is 5.76. The van der Waals surface area contributed by atoms with E-state index in [9.17, 15) is 4.79 Å². The molecule has 3 saturated heterocycles. The maximum atomic E-state index is 12.9. The molecule has 3 aliphatic rings. The van der Waals surface area contributed by atoms with Crippen LogP contribution in [0.15, 0.2) is 18.3 Å². The van der Waals surface area contributed by atoms with Crippen LogP contribution < -0.4 is 4.90 Å². The van der Waals surface area contributed by atoms with E-state index in [1.54, 1.807) is 6.20 Å². The van der Waals surface area contributed by atoms with Gasteiger partial charge in [0.25, 0.3) is 5.91 Å². The number of aromatic nitrogens is 1. The summed E-state index contributed by atoms with van der Waals surface area (Å²) in [6, 6.07) is 3.76. The SMILES string of the molecule is CCN1CCN(c2cc(C(=O)N3CCC4(CC3)OCCO4)ccn2)CC1. The molecule has 3 aliphatic heterocycles. The van der Waals surface area contributed by atoms with Crippen LogP contribution in [0, 0.1) is 0 Å². The Morgan fingerprint density at radius 2 is 1.81 bits per heavy atom. The lowest BCUT2D eigenvalue weighted by molar-refractivity contribution is -0.181. The topological polar surface area (TPSA) is 58.1 Å². The van der Waals surface area contributed by atoms with Crippen LogP contribution in [0.2, 0.25) is 0 Å². The lowest BCUT2D eigenvalue weighted by Gasteiger charge is -2.37. The molecule has 0 atom stereocenters. The summed E-state index contributed by atoms with van der Waals surface area (Å²) in [6.07, 6.45) is 3.24. The van der Waals surface area contributed by atoms with E-state index in [-0.39, 0.29) is 5.91 Å². The Labute approximate surface area is 154 Å². The van der Waals surface area contributed by atoms with Crippen molar-refractivity contribution in [3.8, 4) is 0 Å². The Kier molecular flexibility index (Phi) is 5.11. The fraction of sp³-hybridized carbons (Fsp3) is 0.684. The van der Waals surface area contributed by atoms with Crippen molar-refractivity contribution in [1.82, 2.24) is 14.8 Å². The summed E-state index contributed by atoms with van der Waals surface area (Å²) in [7, 11) is 0. The van der Waals surface area contributed by atoms with Crippen LogP contribution in [0.1, 0.15) is 30.1 Å². The van der Waals surface area contributed by atoms with Gasteiger partial charge in [0, 0.05) is 63.9 Å². The van der Waals surface area contributed by atoms with Crippen LogP contribution in [0.25, 0.3) is 0 Å². The first-order valence-electron chi connectivity index (χ1n) is 9.70. The molecule has 0 unspecified atom stereocenters. The first kappa shape index (κ1) is 17.7. The molecule has 0 aromatic carbocycles. The molecule has 1 amide bonds. The van der Waals surface area contributed by atoms with E-state index < -0.39 is 5.79 Å². The Bertz CT molecular complexity index is 629. The predicted molar refractivity (Wildman–Crippen MR) is 98.3 cm³/mol. The molecule has 0 aliphatic carbocycles. The second kappa shape index (κ2) is 7.50. The number of rotatable bonds is 3. The van der Waals surface area contributed by atoms with Crippen LogP contribution in [-0.2, 0) is 9.47 Å². The zero-order valence-electron chi connectivity index (χ0n) is 15.5. The van der Waals surface area contributed by atoms with Crippen LogP contribution >= 0.6 is 0 Å². The number of nitrogens with zero attached hydrogens (tertiary/aromatic N) is 4. The summed E-state index contributed by atoms with van der Waals surface area (Å²) in [6.45, 7) is 9.95. The highest BCUT2D eigenvalue weighted by Crippen LogP contribution is 2.31. The highest BCUT2D eigenvalue weighted by atomic mass is 16.7. The monoisotopic (exact) mass is 360 g/mol. The number of likely N-dealkylation sites (tertiary alicyclic amines) is 1. The van der Waals surface area contributed by atoms with Gasteiger partial charge in [0.05, 0.1) is 13.2 Å². The largest absolute Gasteiger partial charge is 0.354 e. The number of ether oxygens (including phenoxy) is 2. The Morgan fingerprint density at radius 3 is 2.46 bits per heavy atom. The van der Waals surface area contributed by atoms with Gasteiger partial charge < -0.3 is 24.2 Å². The van der Waals surface area contributed by atoms with Crippen molar-refractivity contribution < 1.29 is 14.3 Å². The van der Waals surface area contributed by atoms with Gasteiger partial charge >= 0.3 is 0 Å². The minimum absolute atomic E-state index is 0.0775. The van der Waals surface area contributed by atoms with Crippen LogP contribution in [0.3, 0.4) is 0 Å². The molecule has 0 bridgehead atoms.